The van der Waals surface area contributed by atoms with Gasteiger partial charge in [-0.2, -0.15) is 0 Å². The molecule has 4 fully saturated rings. The first-order chi connectivity index (χ1) is 22.5. The van der Waals surface area contributed by atoms with Gasteiger partial charge in [-0.1, -0.05) is 66.3 Å². The standard InChI is InChI=1S/C39H60O7S/c1-8-25(3)20-36-29(7)34(24-47(40,41)33-14-10-30(9-2)11-15-33)38(46-36)23-37-28(6)26(4)21-31(45-37)12-16-35-27(5)22-32(44-35)13-17-39-42-18-19-43-39/h10-11,14-15,25-26,29,31-32,34-39H,5-6,8-9,12-13,16-24H2,1-4,7H3/t25-,26+,29-,31+,32+,34-,35+,36-,37-,38+/m1/s1. The smallest absolute Gasteiger partial charge is 0.178 e. The van der Waals surface area contributed by atoms with E-state index in [0.29, 0.717) is 36.4 Å². The fraction of sp³-hybridized carbons (Fsp3) is 0.744. The molecule has 4 heterocycles. The van der Waals surface area contributed by atoms with E-state index < -0.39 is 9.84 Å². The van der Waals surface area contributed by atoms with Gasteiger partial charge in [0.1, 0.15) is 0 Å². The predicted molar refractivity (Wildman–Crippen MR) is 186 cm³/mol. The zero-order valence-electron chi connectivity index (χ0n) is 29.5. The molecule has 0 unspecified atom stereocenters. The summed E-state index contributed by atoms with van der Waals surface area (Å²) in [6.45, 7) is 21.1. The molecule has 264 valence electrons. The molecular weight excluding hydrogens is 612 g/mol. The highest BCUT2D eigenvalue weighted by Gasteiger charge is 2.46. The normalized spacial score (nSPS) is 34.4. The maximum absolute atomic E-state index is 13.8. The monoisotopic (exact) mass is 672 g/mol. The van der Waals surface area contributed by atoms with E-state index in [9.17, 15) is 8.42 Å². The maximum atomic E-state index is 13.8. The van der Waals surface area contributed by atoms with Crippen molar-refractivity contribution in [3.05, 3.63) is 54.1 Å². The third-order valence-corrected chi connectivity index (χ3v) is 13.3. The Bertz CT molecular complexity index is 1290. The van der Waals surface area contributed by atoms with Crippen LogP contribution < -0.4 is 0 Å². The van der Waals surface area contributed by atoms with Gasteiger partial charge in [0, 0.05) is 18.8 Å². The molecule has 4 saturated heterocycles. The third-order valence-electron chi connectivity index (χ3n) is 11.5. The molecule has 5 rings (SSSR count). The van der Waals surface area contributed by atoms with Crippen molar-refractivity contribution in [1.29, 1.82) is 0 Å². The Hall–Kier alpha value is -1.55. The lowest BCUT2D eigenvalue weighted by Gasteiger charge is -2.38. The van der Waals surface area contributed by atoms with Crippen LogP contribution in [0.4, 0.5) is 0 Å². The van der Waals surface area contributed by atoms with Crippen LogP contribution in [-0.4, -0.2) is 70.3 Å². The highest BCUT2D eigenvalue weighted by Crippen LogP contribution is 2.43. The number of sulfone groups is 1. The van der Waals surface area contributed by atoms with Gasteiger partial charge in [-0.3, -0.25) is 0 Å². The molecule has 4 aliphatic rings. The molecule has 10 atom stereocenters. The van der Waals surface area contributed by atoms with E-state index in [1.807, 2.05) is 12.1 Å². The summed E-state index contributed by atoms with van der Waals surface area (Å²) in [5.74, 6) is 0.940. The van der Waals surface area contributed by atoms with Crippen LogP contribution in [0.15, 0.2) is 53.5 Å². The second-order valence-electron chi connectivity index (χ2n) is 14.9. The summed E-state index contributed by atoms with van der Waals surface area (Å²) < 4.78 is 58.7. The molecule has 0 aliphatic carbocycles. The number of hydrogen-bond acceptors (Lipinski definition) is 7. The highest BCUT2D eigenvalue weighted by molar-refractivity contribution is 7.91. The van der Waals surface area contributed by atoms with E-state index in [-0.39, 0.29) is 60.5 Å². The van der Waals surface area contributed by atoms with Crippen LogP contribution in [0, 0.1) is 23.7 Å². The number of ether oxygens (including phenoxy) is 5. The van der Waals surface area contributed by atoms with E-state index in [2.05, 4.69) is 47.8 Å². The van der Waals surface area contributed by atoms with Gasteiger partial charge in [0.15, 0.2) is 16.1 Å². The van der Waals surface area contributed by atoms with Gasteiger partial charge in [0.05, 0.1) is 60.5 Å². The van der Waals surface area contributed by atoms with Crippen molar-refractivity contribution in [3.63, 3.8) is 0 Å². The van der Waals surface area contributed by atoms with Crippen molar-refractivity contribution in [2.45, 2.75) is 147 Å². The molecule has 4 aliphatic heterocycles. The van der Waals surface area contributed by atoms with Crippen molar-refractivity contribution in [2.75, 3.05) is 19.0 Å². The van der Waals surface area contributed by atoms with Crippen molar-refractivity contribution < 1.29 is 32.1 Å². The largest absolute Gasteiger partial charge is 0.374 e. The van der Waals surface area contributed by atoms with Crippen LogP contribution in [0.25, 0.3) is 0 Å². The quantitative estimate of drug-likeness (QED) is 0.176. The number of rotatable bonds is 15. The van der Waals surface area contributed by atoms with Gasteiger partial charge in [-0.25, -0.2) is 8.42 Å². The van der Waals surface area contributed by atoms with E-state index in [1.54, 1.807) is 12.1 Å². The summed E-state index contributed by atoms with van der Waals surface area (Å²) in [7, 11) is -3.48. The Morgan fingerprint density at radius 1 is 0.872 bits per heavy atom. The third kappa shape index (κ3) is 9.37. The molecule has 0 aromatic heterocycles. The van der Waals surface area contributed by atoms with Crippen LogP contribution >= 0.6 is 0 Å². The Morgan fingerprint density at radius 3 is 2.23 bits per heavy atom. The second kappa shape index (κ2) is 16.4. The van der Waals surface area contributed by atoms with E-state index >= 15 is 0 Å². The molecular formula is C39H60O7S. The molecule has 0 saturated carbocycles. The van der Waals surface area contributed by atoms with Crippen LogP contribution in [-0.2, 0) is 39.9 Å². The molecule has 8 heteroatoms. The Labute approximate surface area is 284 Å². The molecule has 0 amide bonds. The number of benzene rings is 1. The summed E-state index contributed by atoms with van der Waals surface area (Å²) in [5, 5.41) is 0. The Morgan fingerprint density at radius 2 is 1.55 bits per heavy atom. The van der Waals surface area contributed by atoms with E-state index in [4.69, 9.17) is 23.7 Å². The first-order valence-corrected chi connectivity index (χ1v) is 20.0. The van der Waals surface area contributed by atoms with Gasteiger partial charge in [0.25, 0.3) is 0 Å². The van der Waals surface area contributed by atoms with Crippen molar-refractivity contribution in [3.8, 4) is 0 Å². The minimum absolute atomic E-state index is 0.0351. The van der Waals surface area contributed by atoms with Gasteiger partial charge in [0.2, 0.25) is 0 Å². The molecule has 1 aromatic carbocycles. The maximum Gasteiger partial charge on any atom is 0.178 e. The van der Waals surface area contributed by atoms with Crippen molar-refractivity contribution in [2.24, 2.45) is 23.7 Å². The van der Waals surface area contributed by atoms with Crippen LogP contribution in [0.3, 0.4) is 0 Å². The predicted octanol–water partition coefficient (Wildman–Crippen LogP) is 7.87. The summed E-state index contributed by atoms with van der Waals surface area (Å²) in [5.41, 5.74) is 3.40. The SMILES string of the molecule is C=C1C[C@H](CCC2OCCO2)O[C@H]1CC[C@H]1C[C@H](C)C(=C)[C@@H](C[C@@H]2O[C@H](C[C@H](C)CC)[C@H](C)[C@H]2CS(=O)(=O)c2ccc(CC)cc2)O1. The zero-order valence-corrected chi connectivity index (χ0v) is 30.3. The number of aryl methyl sites for hydroxylation is 1. The summed E-state index contributed by atoms with van der Waals surface area (Å²) in [6, 6.07) is 7.39. The van der Waals surface area contributed by atoms with Crippen molar-refractivity contribution >= 4 is 9.84 Å². The van der Waals surface area contributed by atoms with E-state index in [1.165, 1.54) is 5.57 Å². The van der Waals surface area contributed by atoms with Crippen LogP contribution in [0.5, 0.6) is 0 Å². The Balaban J connectivity index is 1.22. The molecule has 0 N–H and O–H groups in total. The molecule has 0 bridgehead atoms. The second-order valence-corrected chi connectivity index (χ2v) is 16.9. The van der Waals surface area contributed by atoms with Crippen LogP contribution in [0.1, 0.15) is 98.0 Å². The van der Waals surface area contributed by atoms with Crippen molar-refractivity contribution in [1.82, 2.24) is 0 Å². The first-order valence-electron chi connectivity index (χ1n) is 18.3. The van der Waals surface area contributed by atoms with Crippen LogP contribution in [0.2, 0.25) is 0 Å². The average Bonchev–Trinajstić information content (AvgIpc) is 3.77. The topological polar surface area (TPSA) is 80.3 Å². The fourth-order valence-electron chi connectivity index (χ4n) is 7.99. The first kappa shape index (κ1) is 36.7. The summed E-state index contributed by atoms with van der Waals surface area (Å²) >= 11 is 0. The Kier molecular flexibility index (Phi) is 12.8. The van der Waals surface area contributed by atoms with Gasteiger partial charge in [-0.15, -0.1) is 0 Å². The van der Waals surface area contributed by atoms with Gasteiger partial charge < -0.3 is 23.7 Å². The van der Waals surface area contributed by atoms with E-state index in [0.717, 1.165) is 68.9 Å². The zero-order chi connectivity index (χ0) is 33.7. The summed E-state index contributed by atoms with van der Waals surface area (Å²) in [6.07, 6.45) is 8.77. The van der Waals surface area contributed by atoms with Gasteiger partial charge >= 0.3 is 0 Å². The fourth-order valence-corrected chi connectivity index (χ4v) is 9.75. The minimum Gasteiger partial charge on any atom is -0.374 e. The molecule has 47 heavy (non-hydrogen) atoms. The minimum atomic E-state index is -3.48. The number of hydrogen-bond donors (Lipinski definition) is 0. The highest BCUT2D eigenvalue weighted by atomic mass is 32.2. The molecule has 1 aromatic rings. The lowest BCUT2D eigenvalue weighted by atomic mass is 9.81. The van der Waals surface area contributed by atoms with Gasteiger partial charge in [-0.05, 0) is 91.5 Å². The lowest BCUT2D eigenvalue weighted by Crippen LogP contribution is -2.38. The molecule has 0 radical (unpaired) electrons. The average molecular weight is 673 g/mol. The lowest BCUT2D eigenvalue weighted by molar-refractivity contribution is -0.0752. The summed E-state index contributed by atoms with van der Waals surface area (Å²) in [4.78, 5) is 0.399. The molecule has 0 spiro atoms. The molecule has 7 nitrogen and oxygen atoms in total.